The molecule has 0 fully saturated rings. The first kappa shape index (κ1) is 17.9. The lowest BCUT2D eigenvalue weighted by atomic mass is 10.1. The van der Waals surface area contributed by atoms with Gasteiger partial charge in [-0.25, -0.2) is 0 Å². The van der Waals surface area contributed by atoms with E-state index in [0.717, 1.165) is 13.0 Å². The van der Waals surface area contributed by atoms with Gasteiger partial charge in [-0.2, -0.15) is 0 Å². The van der Waals surface area contributed by atoms with Crippen molar-refractivity contribution in [2.24, 2.45) is 0 Å². The SMILES string of the molecule is CCCCCCCCCCCCNCOB(O)O. The van der Waals surface area contributed by atoms with Crippen LogP contribution >= 0.6 is 0 Å². The molecule has 108 valence electrons. The monoisotopic (exact) mass is 259 g/mol. The van der Waals surface area contributed by atoms with Gasteiger partial charge >= 0.3 is 7.32 Å². The summed E-state index contributed by atoms with van der Waals surface area (Å²) >= 11 is 0. The Balaban J connectivity index is 2.90. The minimum Gasteiger partial charge on any atom is -0.402 e. The van der Waals surface area contributed by atoms with Gasteiger partial charge in [0.05, 0.1) is 6.73 Å². The van der Waals surface area contributed by atoms with Crippen molar-refractivity contribution in [1.29, 1.82) is 0 Å². The van der Waals surface area contributed by atoms with Crippen molar-refractivity contribution in [3.8, 4) is 0 Å². The molecule has 0 aliphatic carbocycles. The van der Waals surface area contributed by atoms with Gasteiger partial charge in [-0.3, -0.25) is 5.32 Å². The lowest BCUT2D eigenvalue weighted by Crippen LogP contribution is -2.26. The largest absolute Gasteiger partial charge is 0.634 e. The van der Waals surface area contributed by atoms with Crippen molar-refractivity contribution in [1.82, 2.24) is 5.32 Å². The van der Waals surface area contributed by atoms with Gasteiger partial charge in [0.1, 0.15) is 0 Å². The number of hydrogen-bond donors (Lipinski definition) is 3. The van der Waals surface area contributed by atoms with E-state index >= 15 is 0 Å². The summed E-state index contributed by atoms with van der Waals surface area (Å²) in [5.74, 6) is 0. The van der Waals surface area contributed by atoms with Crippen LogP contribution in [0.4, 0.5) is 0 Å². The predicted molar refractivity (Wildman–Crippen MR) is 76.0 cm³/mol. The van der Waals surface area contributed by atoms with Gasteiger partial charge in [0.2, 0.25) is 0 Å². The maximum atomic E-state index is 8.42. The maximum absolute atomic E-state index is 8.42. The van der Waals surface area contributed by atoms with Crippen LogP contribution in [0.2, 0.25) is 0 Å². The van der Waals surface area contributed by atoms with Crippen LogP contribution in [-0.4, -0.2) is 30.6 Å². The smallest absolute Gasteiger partial charge is 0.402 e. The highest BCUT2D eigenvalue weighted by Crippen LogP contribution is 2.10. The Morgan fingerprint density at radius 2 is 1.33 bits per heavy atom. The van der Waals surface area contributed by atoms with E-state index in [9.17, 15) is 0 Å². The van der Waals surface area contributed by atoms with Gasteiger partial charge in [-0.05, 0) is 13.0 Å². The van der Waals surface area contributed by atoms with Gasteiger partial charge < -0.3 is 14.7 Å². The van der Waals surface area contributed by atoms with Gasteiger partial charge in [0.25, 0.3) is 0 Å². The van der Waals surface area contributed by atoms with Crippen molar-refractivity contribution in [3.05, 3.63) is 0 Å². The zero-order valence-electron chi connectivity index (χ0n) is 11.9. The van der Waals surface area contributed by atoms with Gasteiger partial charge in [-0.15, -0.1) is 0 Å². The van der Waals surface area contributed by atoms with Crippen LogP contribution in [0.15, 0.2) is 0 Å². The minimum absolute atomic E-state index is 0.203. The van der Waals surface area contributed by atoms with Crippen molar-refractivity contribution < 1.29 is 14.7 Å². The topological polar surface area (TPSA) is 61.7 Å². The predicted octanol–water partition coefficient (Wildman–Crippen LogP) is 2.44. The van der Waals surface area contributed by atoms with Crippen LogP contribution in [0.1, 0.15) is 71.1 Å². The second-order valence-corrected chi connectivity index (χ2v) is 4.82. The lowest BCUT2D eigenvalue weighted by molar-refractivity contribution is 0.171. The Labute approximate surface area is 112 Å². The van der Waals surface area contributed by atoms with Crippen molar-refractivity contribution in [3.63, 3.8) is 0 Å². The third kappa shape index (κ3) is 15.9. The third-order valence-electron chi connectivity index (χ3n) is 3.04. The summed E-state index contributed by atoms with van der Waals surface area (Å²) in [6, 6.07) is 0. The lowest BCUT2D eigenvalue weighted by Gasteiger charge is -2.05. The van der Waals surface area contributed by atoms with E-state index in [4.69, 9.17) is 10.0 Å². The number of unbranched alkanes of at least 4 members (excludes halogenated alkanes) is 9. The summed E-state index contributed by atoms with van der Waals surface area (Å²) in [5.41, 5.74) is 0. The van der Waals surface area contributed by atoms with E-state index in [1.807, 2.05) is 0 Å². The molecule has 0 aliphatic rings. The van der Waals surface area contributed by atoms with Crippen molar-refractivity contribution in [2.45, 2.75) is 71.1 Å². The highest BCUT2D eigenvalue weighted by Gasteiger charge is 2.05. The first-order valence-corrected chi connectivity index (χ1v) is 7.45. The molecule has 18 heavy (non-hydrogen) atoms. The molecule has 0 rings (SSSR count). The van der Waals surface area contributed by atoms with E-state index in [-0.39, 0.29) is 6.73 Å². The highest BCUT2D eigenvalue weighted by molar-refractivity contribution is 6.32. The van der Waals surface area contributed by atoms with Gasteiger partial charge in [0, 0.05) is 0 Å². The number of rotatable bonds is 14. The van der Waals surface area contributed by atoms with Crippen LogP contribution < -0.4 is 5.32 Å². The Bertz CT molecular complexity index is 159. The molecule has 0 spiro atoms. The summed E-state index contributed by atoms with van der Waals surface area (Å²) in [6.07, 6.45) is 13.3. The van der Waals surface area contributed by atoms with E-state index < -0.39 is 7.32 Å². The summed E-state index contributed by atoms with van der Waals surface area (Å²) in [5, 5.41) is 19.8. The first-order valence-electron chi connectivity index (χ1n) is 7.45. The van der Waals surface area contributed by atoms with E-state index in [1.165, 1.54) is 57.8 Å². The molecule has 0 atom stereocenters. The number of hydrogen-bond acceptors (Lipinski definition) is 4. The second-order valence-electron chi connectivity index (χ2n) is 4.82. The average Bonchev–Trinajstić information content (AvgIpc) is 2.34. The summed E-state index contributed by atoms with van der Waals surface area (Å²) in [6.45, 7) is 3.33. The molecule has 0 unspecified atom stereocenters. The van der Waals surface area contributed by atoms with Gasteiger partial charge in [0.15, 0.2) is 0 Å². The second kappa shape index (κ2) is 15.0. The molecule has 0 aromatic heterocycles. The molecule has 0 radical (unpaired) electrons. The molecule has 0 amide bonds. The quantitative estimate of drug-likeness (QED) is 0.255. The fourth-order valence-electron chi connectivity index (χ4n) is 1.94. The van der Waals surface area contributed by atoms with Crippen molar-refractivity contribution in [2.75, 3.05) is 13.3 Å². The molecular weight excluding hydrogens is 229 g/mol. The molecule has 0 aliphatic heterocycles. The third-order valence-corrected chi connectivity index (χ3v) is 3.04. The van der Waals surface area contributed by atoms with E-state index in [2.05, 4.69) is 16.9 Å². The average molecular weight is 259 g/mol. The zero-order valence-corrected chi connectivity index (χ0v) is 11.9. The van der Waals surface area contributed by atoms with Gasteiger partial charge in [-0.1, -0.05) is 64.7 Å². The van der Waals surface area contributed by atoms with Crippen LogP contribution in [-0.2, 0) is 4.65 Å². The standard InChI is InChI=1S/C13H30BNO3/c1-2-3-4-5-6-7-8-9-10-11-12-15-13-18-14(16)17/h15-17H,2-13H2,1H3. The Kier molecular flexibility index (Phi) is 14.9. The molecule has 4 nitrogen and oxygen atoms in total. The molecule has 0 bridgehead atoms. The van der Waals surface area contributed by atoms with Crippen LogP contribution in [0.3, 0.4) is 0 Å². The normalized spacial score (nSPS) is 10.8. The van der Waals surface area contributed by atoms with E-state index in [0.29, 0.717) is 0 Å². The molecule has 0 saturated carbocycles. The Morgan fingerprint density at radius 1 is 0.833 bits per heavy atom. The highest BCUT2D eigenvalue weighted by atomic mass is 16.6. The van der Waals surface area contributed by atoms with E-state index in [1.54, 1.807) is 0 Å². The van der Waals surface area contributed by atoms with Crippen molar-refractivity contribution >= 4 is 7.32 Å². The molecule has 0 heterocycles. The Hall–Kier alpha value is -0.0951. The fraction of sp³-hybridized carbons (Fsp3) is 1.00. The van der Waals surface area contributed by atoms with Crippen LogP contribution in [0.5, 0.6) is 0 Å². The zero-order chi connectivity index (χ0) is 13.5. The summed E-state index contributed by atoms with van der Waals surface area (Å²) < 4.78 is 4.53. The molecule has 0 aromatic rings. The first-order chi connectivity index (χ1) is 8.77. The summed E-state index contributed by atoms with van der Waals surface area (Å²) in [7, 11) is -1.66. The molecule has 0 aromatic carbocycles. The molecule has 3 N–H and O–H groups in total. The van der Waals surface area contributed by atoms with Crippen LogP contribution in [0.25, 0.3) is 0 Å². The number of nitrogens with one attached hydrogen (secondary N) is 1. The summed E-state index contributed by atoms with van der Waals surface area (Å²) in [4.78, 5) is 0. The molecule has 5 heteroatoms. The fourth-order valence-corrected chi connectivity index (χ4v) is 1.94. The Morgan fingerprint density at radius 3 is 1.83 bits per heavy atom. The maximum Gasteiger partial charge on any atom is 0.634 e. The van der Waals surface area contributed by atoms with Crippen LogP contribution in [0, 0.1) is 0 Å². The molecular formula is C13H30BNO3. The molecule has 0 saturated heterocycles. The minimum atomic E-state index is -1.66.